The Labute approximate surface area is 201 Å². The molecule has 1 aliphatic rings. The fraction of sp³-hybridized carbons (Fsp3) is 0.240. The fourth-order valence-electron chi connectivity index (χ4n) is 3.90. The van der Waals surface area contributed by atoms with Gasteiger partial charge in [0.15, 0.2) is 10.9 Å². The predicted octanol–water partition coefficient (Wildman–Crippen LogP) is 6.45. The lowest BCUT2D eigenvalue weighted by atomic mass is 10.1. The van der Waals surface area contributed by atoms with E-state index < -0.39 is 0 Å². The number of ether oxygens (including phenoxy) is 1. The van der Waals surface area contributed by atoms with Crippen molar-refractivity contribution in [2.45, 2.75) is 24.4 Å². The molecule has 1 aliphatic heterocycles. The van der Waals surface area contributed by atoms with Crippen molar-refractivity contribution in [3.63, 3.8) is 0 Å². The van der Waals surface area contributed by atoms with Gasteiger partial charge in [-0.05, 0) is 55.9 Å². The Balaban J connectivity index is 1.44. The molecule has 2 aromatic heterocycles. The summed E-state index contributed by atoms with van der Waals surface area (Å²) in [5.41, 5.74) is 0.621. The summed E-state index contributed by atoms with van der Waals surface area (Å²) in [6.07, 6.45) is 5.56. The number of carbonyl (C=O) groups excluding carboxylic acids is 1. The van der Waals surface area contributed by atoms with Crippen molar-refractivity contribution in [2.75, 3.05) is 29.6 Å². The van der Waals surface area contributed by atoms with E-state index in [1.807, 2.05) is 66.9 Å². The Morgan fingerprint density at radius 2 is 1.79 bits per heavy atom. The van der Waals surface area contributed by atoms with Crippen LogP contribution in [0, 0.1) is 0 Å². The molecule has 0 saturated carbocycles. The number of nitrogens with one attached hydrogen (secondary N) is 1. The van der Waals surface area contributed by atoms with Crippen molar-refractivity contribution >= 4 is 50.7 Å². The van der Waals surface area contributed by atoms with Crippen LogP contribution in [0.5, 0.6) is 11.5 Å². The van der Waals surface area contributed by atoms with Crippen LogP contribution in [-0.4, -0.2) is 35.2 Å². The highest BCUT2D eigenvalue weighted by Crippen LogP contribution is 2.35. The molecule has 4 aromatic rings. The van der Waals surface area contributed by atoms with Crippen LogP contribution in [0.3, 0.4) is 0 Å². The van der Waals surface area contributed by atoms with Gasteiger partial charge < -0.3 is 15.0 Å². The fourth-order valence-corrected chi connectivity index (χ4v) is 5.23. The number of anilines is 2. The summed E-state index contributed by atoms with van der Waals surface area (Å²) in [5, 5.41) is 4.69. The van der Waals surface area contributed by atoms with Gasteiger partial charge >= 0.3 is 0 Å². The highest BCUT2D eigenvalue weighted by Gasteiger charge is 2.21. The Morgan fingerprint density at radius 1 is 1.03 bits per heavy atom. The van der Waals surface area contributed by atoms with Gasteiger partial charge in [0, 0.05) is 13.1 Å². The molecule has 8 heteroatoms. The molecule has 6 nitrogen and oxygen atoms in total. The largest absolute Gasteiger partial charge is 0.455 e. The van der Waals surface area contributed by atoms with E-state index >= 15 is 0 Å². The quantitative estimate of drug-likeness (QED) is 0.255. The van der Waals surface area contributed by atoms with Crippen LogP contribution in [0.15, 0.2) is 65.8 Å². The van der Waals surface area contributed by atoms with E-state index in [4.69, 9.17) is 9.72 Å². The third kappa shape index (κ3) is 4.82. The topological polar surface area (TPSA) is 67.4 Å². The zero-order chi connectivity index (χ0) is 22.6. The third-order valence-electron chi connectivity index (χ3n) is 5.52. The smallest absolute Gasteiger partial charge is 0.265 e. The van der Waals surface area contributed by atoms with E-state index in [-0.39, 0.29) is 5.91 Å². The molecule has 2 aromatic carbocycles. The highest BCUT2D eigenvalue weighted by molar-refractivity contribution is 7.98. The Hall–Kier alpha value is -3.10. The first-order valence-corrected chi connectivity index (χ1v) is 13.0. The third-order valence-corrected chi connectivity index (χ3v) is 7.10. The molecule has 3 heterocycles. The molecule has 5 rings (SSSR count). The Kier molecular flexibility index (Phi) is 6.46. The van der Waals surface area contributed by atoms with Gasteiger partial charge in [-0.15, -0.1) is 11.3 Å². The van der Waals surface area contributed by atoms with Crippen molar-refractivity contribution in [1.82, 2.24) is 9.97 Å². The van der Waals surface area contributed by atoms with Crippen LogP contribution >= 0.6 is 23.1 Å². The summed E-state index contributed by atoms with van der Waals surface area (Å²) < 4.78 is 5.99. The Morgan fingerprint density at radius 3 is 2.58 bits per heavy atom. The predicted molar refractivity (Wildman–Crippen MR) is 136 cm³/mol. The maximum absolute atomic E-state index is 13.2. The number of rotatable bonds is 6. The summed E-state index contributed by atoms with van der Waals surface area (Å²) >= 11 is 2.92. The number of aromatic nitrogens is 2. The molecular weight excluding hydrogens is 452 g/mol. The van der Waals surface area contributed by atoms with Crippen LogP contribution in [0.4, 0.5) is 11.5 Å². The van der Waals surface area contributed by atoms with E-state index in [0.29, 0.717) is 22.1 Å². The van der Waals surface area contributed by atoms with Gasteiger partial charge in [0.05, 0.1) is 16.0 Å². The average molecular weight is 477 g/mol. The number of nitrogens with zero attached hydrogens (tertiary/aromatic N) is 3. The number of carbonyl (C=O) groups is 1. The molecule has 0 radical (unpaired) electrons. The minimum atomic E-state index is -0.183. The molecule has 1 saturated heterocycles. The number of hydrogen-bond donors (Lipinski definition) is 1. The summed E-state index contributed by atoms with van der Waals surface area (Å²) in [6, 6.07) is 18.9. The van der Waals surface area contributed by atoms with Gasteiger partial charge in [0.1, 0.15) is 16.4 Å². The van der Waals surface area contributed by atoms with Crippen LogP contribution in [0.1, 0.15) is 28.9 Å². The molecule has 1 amide bonds. The number of thiophene rings is 1. The Bertz CT molecular complexity index is 1270. The molecule has 0 spiro atoms. The molecule has 0 atom stereocenters. The zero-order valence-corrected chi connectivity index (χ0v) is 19.9. The lowest BCUT2D eigenvalue weighted by Crippen LogP contribution is -2.30. The zero-order valence-electron chi connectivity index (χ0n) is 18.3. The minimum absolute atomic E-state index is 0.183. The van der Waals surface area contributed by atoms with Crippen molar-refractivity contribution in [3.8, 4) is 11.5 Å². The molecule has 0 aliphatic carbocycles. The number of fused-ring (bicyclic) bond motifs is 1. The second kappa shape index (κ2) is 9.80. The second-order valence-corrected chi connectivity index (χ2v) is 9.58. The van der Waals surface area contributed by atoms with E-state index in [9.17, 15) is 4.79 Å². The van der Waals surface area contributed by atoms with Gasteiger partial charge in [-0.1, -0.05) is 42.1 Å². The standard InChI is InChI=1S/C25H24N4O2S2/c1-32-25-27-22(29-14-8-3-9-15-29)18-16-21(33-24(18)28-25)23(30)26-19-12-6-7-13-20(19)31-17-10-4-2-5-11-17/h2,4-7,10-13,16H,3,8-9,14-15H2,1H3,(H,26,30). The normalized spacial score (nSPS) is 13.8. The maximum Gasteiger partial charge on any atom is 0.265 e. The number of amides is 1. The minimum Gasteiger partial charge on any atom is -0.455 e. The van der Waals surface area contributed by atoms with Gasteiger partial charge in [-0.25, -0.2) is 9.97 Å². The van der Waals surface area contributed by atoms with Crippen LogP contribution in [0.25, 0.3) is 10.2 Å². The number of hydrogen-bond acceptors (Lipinski definition) is 7. The highest BCUT2D eigenvalue weighted by atomic mass is 32.2. The number of thioether (sulfide) groups is 1. The number of para-hydroxylation sites is 3. The molecule has 1 N–H and O–H groups in total. The summed E-state index contributed by atoms with van der Waals surface area (Å²) in [5.74, 6) is 2.06. The summed E-state index contributed by atoms with van der Waals surface area (Å²) in [6.45, 7) is 1.98. The molecule has 0 bridgehead atoms. The van der Waals surface area contributed by atoms with Crippen LogP contribution in [-0.2, 0) is 0 Å². The van der Waals surface area contributed by atoms with E-state index in [1.165, 1.54) is 29.5 Å². The van der Waals surface area contributed by atoms with Crippen LogP contribution in [0.2, 0.25) is 0 Å². The van der Waals surface area contributed by atoms with Crippen molar-refractivity contribution in [2.24, 2.45) is 0 Å². The lowest BCUT2D eigenvalue weighted by molar-refractivity contribution is 0.103. The van der Waals surface area contributed by atoms with Crippen molar-refractivity contribution in [1.29, 1.82) is 0 Å². The SMILES string of the molecule is CSc1nc(N2CCCCC2)c2cc(C(=O)Nc3ccccc3Oc3ccccc3)sc2n1. The van der Waals surface area contributed by atoms with Gasteiger partial charge in [0.25, 0.3) is 5.91 Å². The van der Waals surface area contributed by atoms with Gasteiger partial charge in [-0.2, -0.15) is 0 Å². The second-order valence-electron chi connectivity index (χ2n) is 7.78. The first kappa shape index (κ1) is 21.7. The maximum atomic E-state index is 13.2. The van der Waals surface area contributed by atoms with Crippen molar-refractivity contribution < 1.29 is 9.53 Å². The van der Waals surface area contributed by atoms with Gasteiger partial charge in [-0.3, -0.25) is 4.79 Å². The average Bonchev–Trinajstić information content (AvgIpc) is 3.30. The number of piperidine rings is 1. The summed E-state index contributed by atoms with van der Waals surface area (Å²) in [7, 11) is 0. The number of benzene rings is 2. The molecule has 33 heavy (non-hydrogen) atoms. The van der Waals surface area contributed by atoms with Crippen molar-refractivity contribution in [3.05, 3.63) is 65.5 Å². The lowest BCUT2D eigenvalue weighted by Gasteiger charge is -2.28. The molecule has 1 fully saturated rings. The van der Waals surface area contributed by atoms with E-state index in [2.05, 4.69) is 15.2 Å². The van der Waals surface area contributed by atoms with Crippen LogP contribution < -0.4 is 15.0 Å². The monoisotopic (exact) mass is 476 g/mol. The van der Waals surface area contributed by atoms with E-state index in [1.54, 1.807) is 0 Å². The van der Waals surface area contributed by atoms with E-state index in [0.717, 1.165) is 47.1 Å². The summed E-state index contributed by atoms with van der Waals surface area (Å²) in [4.78, 5) is 26.4. The first-order chi connectivity index (χ1) is 16.2. The molecular formula is C25H24N4O2S2. The van der Waals surface area contributed by atoms with Gasteiger partial charge in [0.2, 0.25) is 0 Å². The molecule has 0 unspecified atom stereocenters. The first-order valence-electron chi connectivity index (χ1n) is 10.9. The molecule has 168 valence electrons.